The summed E-state index contributed by atoms with van der Waals surface area (Å²) in [5, 5.41) is 23.9. The molecule has 3 fully saturated rings. The molecule has 2 bridgehead atoms. The number of allylic oxidation sites excluding steroid dienone is 3. The van der Waals surface area contributed by atoms with Crippen molar-refractivity contribution in [1.82, 2.24) is 4.90 Å². The monoisotopic (exact) mass is 928 g/mol. The number of aliphatic hydroxyl groups excluding tert-OH is 1. The molecule has 5 rings (SSSR count). The van der Waals surface area contributed by atoms with Gasteiger partial charge in [0.25, 0.3) is 11.7 Å². The average molecular weight is 928 g/mol. The number of cyclic esters (lactones) is 1. The van der Waals surface area contributed by atoms with Gasteiger partial charge in [0, 0.05) is 58.7 Å². The maximum absolute atomic E-state index is 16.3. The number of ether oxygens (including phenoxy) is 6. The van der Waals surface area contributed by atoms with E-state index in [0.717, 1.165) is 30.6 Å². The topological polar surface area (TPSA) is 167 Å². The fraction of sp³-hybridized carbons (Fsp3) is 0.731. The SMILES string of the molecule is CCC1C=C(C)C(F)C(C)CC(OC)C2OC(O)(C(=O)C(=O)N3CCCCC3C(=O)OC(C(C)=CC3CCC(OCCCc4ccccc4)C(OC)C3)C(C)C(O)CC1=O)C(C)CC2OC. The van der Waals surface area contributed by atoms with Gasteiger partial charge in [0.05, 0.1) is 30.5 Å². The summed E-state index contributed by atoms with van der Waals surface area (Å²) in [6, 6.07) is 9.12. The van der Waals surface area contributed by atoms with Gasteiger partial charge >= 0.3 is 5.97 Å². The fourth-order valence-corrected chi connectivity index (χ4v) is 10.6. The van der Waals surface area contributed by atoms with Crippen LogP contribution in [0.2, 0.25) is 0 Å². The van der Waals surface area contributed by atoms with Crippen molar-refractivity contribution in [2.24, 2.45) is 29.6 Å². The number of piperidine rings is 1. The second-order valence-electron chi connectivity index (χ2n) is 19.6. The number of hydrogen-bond donors (Lipinski definition) is 2. The number of esters is 1. The van der Waals surface area contributed by atoms with Crippen molar-refractivity contribution in [1.29, 1.82) is 0 Å². The molecule has 15 atom stereocenters. The van der Waals surface area contributed by atoms with Gasteiger partial charge in [-0.2, -0.15) is 0 Å². The number of halogens is 1. The highest BCUT2D eigenvalue weighted by molar-refractivity contribution is 6.39. The largest absolute Gasteiger partial charge is 0.456 e. The number of aryl methyl sites for hydroxylation is 1. The molecule has 0 radical (unpaired) electrons. The number of fused-ring (bicyclic) bond motifs is 3. The predicted molar refractivity (Wildman–Crippen MR) is 247 cm³/mol. The minimum absolute atomic E-state index is 0.0189. The van der Waals surface area contributed by atoms with E-state index in [4.69, 9.17) is 28.4 Å². The number of Topliss-reactive ketones (excluding diaryl/α,β-unsaturated/α-hetero) is 2. The van der Waals surface area contributed by atoms with Gasteiger partial charge in [-0.3, -0.25) is 14.4 Å². The summed E-state index contributed by atoms with van der Waals surface area (Å²) in [6.07, 6.45) is 2.63. The van der Waals surface area contributed by atoms with Gasteiger partial charge in [-0.1, -0.05) is 70.2 Å². The number of methoxy groups -OCH3 is 3. The Kier molecular flexibility index (Phi) is 20.1. The molecule has 1 aromatic carbocycles. The van der Waals surface area contributed by atoms with Gasteiger partial charge < -0.3 is 43.5 Å². The van der Waals surface area contributed by atoms with Crippen LogP contribution in [0.4, 0.5) is 4.39 Å². The number of amides is 1. The highest BCUT2D eigenvalue weighted by Crippen LogP contribution is 2.40. The molecule has 66 heavy (non-hydrogen) atoms. The van der Waals surface area contributed by atoms with Crippen LogP contribution in [-0.2, 0) is 54.0 Å². The molecular weight excluding hydrogens is 850 g/mol. The van der Waals surface area contributed by atoms with Crippen molar-refractivity contribution in [2.45, 2.75) is 179 Å². The van der Waals surface area contributed by atoms with E-state index < -0.39 is 89.9 Å². The molecular formula is C52H78FNO12. The first-order valence-corrected chi connectivity index (χ1v) is 24.4. The minimum Gasteiger partial charge on any atom is -0.456 e. The molecule has 1 aromatic rings. The number of nitrogens with zero attached hydrogens (tertiary/aromatic N) is 1. The lowest BCUT2D eigenvalue weighted by molar-refractivity contribution is -0.302. The Morgan fingerprint density at radius 1 is 0.924 bits per heavy atom. The van der Waals surface area contributed by atoms with E-state index in [-0.39, 0.29) is 56.1 Å². The quantitative estimate of drug-likeness (QED) is 0.100. The van der Waals surface area contributed by atoms with Crippen molar-refractivity contribution in [3.05, 3.63) is 59.2 Å². The number of aliphatic hydroxyl groups is 2. The Bertz CT molecular complexity index is 1820. The van der Waals surface area contributed by atoms with Crippen LogP contribution in [0.15, 0.2) is 53.6 Å². The first-order valence-electron chi connectivity index (χ1n) is 24.4. The Balaban J connectivity index is 1.45. The standard InChI is InChI=1S/C52H78FNO12/c1-10-38-26-31(2)46(53)32(3)27-44(62-8)48-45(63-9)28-34(5)52(60,66-48)49(57)50(58)54-23-15-14-20-39(54)51(59)65-47(35(6)40(55)30-41(38)56)33(4)25-37-21-22-42(43(29-37)61-7)64-24-16-19-36-17-12-11-13-18-36/h11-13,17-18,25-26,32,34-35,37-40,42-48,55,60H,10,14-16,19-24,27-30H2,1-9H3. The molecule has 0 aromatic heterocycles. The van der Waals surface area contributed by atoms with Crippen LogP contribution in [0.5, 0.6) is 0 Å². The lowest BCUT2D eigenvalue weighted by Crippen LogP contribution is -2.64. The van der Waals surface area contributed by atoms with E-state index >= 15 is 4.39 Å². The summed E-state index contributed by atoms with van der Waals surface area (Å²) in [6.45, 7) is 11.0. The summed E-state index contributed by atoms with van der Waals surface area (Å²) in [4.78, 5) is 58.3. The zero-order valence-corrected chi connectivity index (χ0v) is 40.8. The molecule has 1 aliphatic carbocycles. The number of carbonyl (C=O) groups is 4. The van der Waals surface area contributed by atoms with Crippen molar-refractivity contribution in [2.75, 3.05) is 34.5 Å². The van der Waals surface area contributed by atoms with Crippen molar-refractivity contribution in [3.63, 3.8) is 0 Å². The molecule has 3 aliphatic heterocycles. The number of alkyl halides is 1. The number of carbonyl (C=O) groups excluding carboxylic acids is 4. The summed E-state index contributed by atoms with van der Waals surface area (Å²) in [5.41, 5.74) is 2.27. The van der Waals surface area contributed by atoms with Crippen LogP contribution >= 0.6 is 0 Å². The van der Waals surface area contributed by atoms with Crippen LogP contribution in [0, 0.1) is 29.6 Å². The third-order valence-electron chi connectivity index (χ3n) is 14.9. The molecule has 15 unspecified atom stereocenters. The van der Waals surface area contributed by atoms with Gasteiger partial charge in [-0.15, -0.1) is 0 Å². The van der Waals surface area contributed by atoms with Crippen LogP contribution in [-0.4, -0.2) is 134 Å². The summed E-state index contributed by atoms with van der Waals surface area (Å²) >= 11 is 0. The lowest BCUT2D eigenvalue weighted by atomic mass is 9.81. The minimum atomic E-state index is -2.60. The van der Waals surface area contributed by atoms with Gasteiger partial charge in [0.15, 0.2) is 0 Å². The third kappa shape index (κ3) is 13.0. The van der Waals surface area contributed by atoms with Gasteiger partial charge in [0.1, 0.15) is 30.2 Å². The average Bonchev–Trinajstić information content (AvgIpc) is 3.32. The van der Waals surface area contributed by atoms with Crippen molar-refractivity contribution in [3.8, 4) is 0 Å². The van der Waals surface area contributed by atoms with E-state index in [2.05, 4.69) is 12.1 Å². The third-order valence-corrected chi connectivity index (χ3v) is 14.9. The van der Waals surface area contributed by atoms with E-state index in [1.54, 1.807) is 40.9 Å². The number of ketones is 2. The molecule has 13 nitrogen and oxygen atoms in total. The van der Waals surface area contributed by atoms with Crippen LogP contribution in [0.25, 0.3) is 0 Å². The molecule has 370 valence electrons. The predicted octanol–water partition coefficient (Wildman–Crippen LogP) is 7.08. The smallest absolute Gasteiger partial charge is 0.329 e. The van der Waals surface area contributed by atoms with Gasteiger partial charge in [-0.05, 0) is 113 Å². The van der Waals surface area contributed by atoms with Crippen molar-refractivity contribution < 1.29 is 62.2 Å². The molecule has 2 saturated heterocycles. The highest BCUT2D eigenvalue weighted by atomic mass is 19.1. The number of rotatable bonds is 11. The molecule has 1 amide bonds. The zero-order valence-electron chi connectivity index (χ0n) is 40.8. The summed E-state index contributed by atoms with van der Waals surface area (Å²) in [7, 11) is 4.57. The fourth-order valence-electron chi connectivity index (χ4n) is 10.6. The zero-order chi connectivity index (χ0) is 48.3. The molecule has 14 heteroatoms. The van der Waals surface area contributed by atoms with E-state index in [0.29, 0.717) is 43.4 Å². The van der Waals surface area contributed by atoms with Crippen LogP contribution < -0.4 is 0 Å². The number of hydrogen-bond acceptors (Lipinski definition) is 12. The summed E-state index contributed by atoms with van der Waals surface area (Å²) in [5.74, 6) is -8.97. The Morgan fingerprint density at radius 3 is 2.27 bits per heavy atom. The van der Waals surface area contributed by atoms with Crippen molar-refractivity contribution >= 4 is 23.4 Å². The highest BCUT2D eigenvalue weighted by Gasteiger charge is 2.57. The Morgan fingerprint density at radius 2 is 1.61 bits per heavy atom. The van der Waals surface area contributed by atoms with Crippen LogP contribution in [0.1, 0.15) is 118 Å². The van der Waals surface area contributed by atoms with E-state index in [1.807, 2.05) is 38.1 Å². The van der Waals surface area contributed by atoms with Gasteiger partial charge in [-0.25, -0.2) is 9.18 Å². The first kappa shape index (κ1) is 53.6. The second kappa shape index (κ2) is 24.8. The molecule has 4 aliphatic rings. The Hall–Kier alpha value is -3.37. The molecule has 3 heterocycles. The molecule has 1 saturated carbocycles. The molecule has 2 N–H and O–H groups in total. The van der Waals surface area contributed by atoms with E-state index in [1.165, 1.54) is 19.8 Å². The van der Waals surface area contributed by atoms with Crippen LogP contribution in [0.3, 0.4) is 0 Å². The van der Waals surface area contributed by atoms with Gasteiger partial charge in [0.2, 0.25) is 5.79 Å². The maximum atomic E-state index is 16.3. The number of benzene rings is 1. The van der Waals surface area contributed by atoms with E-state index in [9.17, 15) is 29.4 Å². The molecule has 0 spiro atoms. The first-order chi connectivity index (χ1) is 31.5. The second-order valence-corrected chi connectivity index (χ2v) is 19.6. The normalized spacial score (nSPS) is 37.4. The lowest BCUT2D eigenvalue weighted by Gasteiger charge is -2.47. The Labute approximate surface area is 392 Å². The summed E-state index contributed by atoms with van der Waals surface area (Å²) < 4.78 is 52.8. The maximum Gasteiger partial charge on any atom is 0.329 e.